The highest BCUT2D eigenvalue weighted by Crippen LogP contribution is 2.34. The van der Waals surface area contributed by atoms with E-state index in [1.54, 1.807) is 6.92 Å². The van der Waals surface area contributed by atoms with Crippen molar-refractivity contribution in [2.45, 2.75) is 20.3 Å². The van der Waals surface area contributed by atoms with Gasteiger partial charge in [-0.15, -0.1) is 0 Å². The lowest BCUT2D eigenvalue weighted by Gasteiger charge is -2.06. The van der Waals surface area contributed by atoms with Crippen molar-refractivity contribution in [3.05, 3.63) is 73.3 Å². The van der Waals surface area contributed by atoms with E-state index in [0.717, 1.165) is 23.6 Å². The van der Waals surface area contributed by atoms with E-state index in [1.807, 2.05) is 31.2 Å². The number of aryl methyl sites for hydroxylation is 1. The molecule has 0 spiro atoms. The van der Waals surface area contributed by atoms with Crippen LogP contribution < -0.4 is 5.43 Å². The fraction of sp³-hybridized carbons (Fsp3) is 0.176. The maximum absolute atomic E-state index is 12.2. The summed E-state index contributed by atoms with van der Waals surface area (Å²) in [6.45, 7) is 3.65. The van der Waals surface area contributed by atoms with Gasteiger partial charge in [-0.3, -0.25) is 25.0 Å². The second kappa shape index (κ2) is 8.04. The molecule has 0 saturated heterocycles. The number of nitrogens with one attached hydrogen (secondary N) is 1. The molecule has 0 radical (unpaired) electrons. The highest BCUT2D eigenvalue weighted by Gasteiger charge is 2.27. The van der Waals surface area contributed by atoms with Gasteiger partial charge in [-0.1, -0.05) is 31.2 Å². The molecule has 0 saturated carbocycles. The van der Waals surface area contributed by atoms with Gasteiger partial charge in [-0.05, 0) is 24.5 Å². The molecule has 0 bridgehead atoms. The zero-order valence-electron chi connectivity index (χ0n) is 14.5. The largest absolute Gasteiger partial charge is 0.502 e. The molecule has 27 heavy (non-hydrogen) atoms. The molecule has 0 aromatic heterocycles. The summed E-state index contributed by atoms with van der Waals surface area (Å²) in [6.07, 6.45) is 0.873. The maximum atomic E-state index is 12.2. The predicted octanol–water partition coefficient (Wildman–Crippen LogP) is 2.93. The molecule has 10 nitrogen and oxygen atoms in total. The average molecular weight is 372 g/mol. The lowest BCUT2D eigenvalue weighted by molar-refractivity contribution is -0.394. The molecule has 0 aliphatic carbocycles. The first-order valence-corrected chi connectivity index (χ1v) is 7.84. The standard InChI is InChI=1S/C17H16N4O6/c1-3-11-4-6-12(7-5-11)10(2)18-19-17(23)14-8-13(20(24)25)9-15(16(14)22)21(26)27/h4-9,22H,3H2,1-2H3,(H,19,23). The summed E-state index contributed by atoms with van der Waals surface area (Å²) in [5.41, 5.74) is 2.21. The Morgan fingerprint density at radius 2 is 1.78 bits per heavy atom. The number of carbonyl (C=O) groups excluding carboxylic acids is 1. The van der Waals surface area contributed by atoms with Crippen molar-refractivity contribution in [2.75, 3.05) is 0 Å². The van der Waals surface area contributed by atoms with Crippen LogP contribution in [-0.4, -0.2) is 26.6 Å². The molecule has 2 aromatic rings. The molecule has 140 valence electrons. The zero-order chi connectivity index (χ0) is 20.1. The number of aromatic hydroxyl groups is 1. The first kappa shape index (κ1) is 19.5. The number of benzene rings is 2. The van der Waals surface area contributed by atoms with Crippen molar-refractivity contribution in [2.24, 2.45) is 5.10 Å². The summed E-state index contributed by atoms with van der Waals surface area (Å²) in [6, 6.07) is 8.78. The van der Waals surface area contributed by atoms with Gasteiger partial charge in [0.1, 0.15) is 0 Å². The summed E-state index contributed by atoms with van der Waals surface area (Å²) in [4.78, 5) is 32.2. The summed E-state index contributed by atoms with van der Waals surface area (Å²) >= 11 is 0. The Morgan fingerprint density at radius 3 is 2.30 bits per heavy atom. The highest BCUT2D eigenvalue weighted by molar-refractivity contribution is 6.02. The lowest BCUT2D eigenvalue weighted by Crippen LogP contribution is -2.20. The molecule has 10 heteroatoms. The van der Waals surface area contributed by atoms with E-state index in [-0.39, 0.29) is 0 Å². The second-order valence-corrected chi connectivity index (χ2v) is 5.56. The van der Waals surface area contributed by atoms with Crippen molar-refractivity contribution in [1.82, 2.24) is 5.43 Å². The molecule has 1 amide bonds. The van der Waals surface area contributed by atoms with Crippen LogP contribution >= 0.6 is 0 Å². The van der Waals surface area contributed by atoms with Gasteiger partial charge in [0, 0.05) is 6.07 Å². The van der Waals surface area contributed by atoms with Crippen molar-refractivity contribution in [3.63, 3.8) is 0 Å². The molecule has 0 aliphatic rings. The molecule has 0 fully saturated rings. The molecule has 0 aliphatic heterocycles. The van der Waals surface area contributed by atoms with Crippen LogP contribution in [0.5, 0.6) is 5.75 Å². The number of phenols is 1. The van der Waals surface area contributed by atoms with Crippen LogP contribution in [0.4, 0.5) is 11.4 Å². The van der Waals surface area contributed by atoms with Crippen LogP contribution in [-0.2, 0) is 6.42 Å². The maximum Gasteiger partial charge on any atom is 0.318 e. The molecule has 2 N–H and O–H groups in total. The van der Waals surface area contributed by atoms with Crippen LogP contribution in [0, 0.1) is 20.2 Å². The monoisotopic (exact) mass is 372 g/mol. The minimum atomic E-state index is -1.01. The Morgan fingerprint density at radius 1 is 1.15 bits per heavy atom. The van der Waals surface area contributed by atoms with Gasteiger partial charge in [0.2, 0.25) is 5.75 Å². The number of rotatable bonds is 6. The quantitative estimate of drug-likeness (QED) is 0.452. The topological polar surface area (TPSA) is 148 Å². The van der Waals surface area contributed by atoms with Crippen LogP contribution in [0.15, 0.2) is 41.5 Å². The van der Waals surface area contributed by atoms with Crippen molar-refractivity contribution in [3.8, 4) is 5.75 Å². The lowest BCUT2D eigenvalue weighted by atomic mass is 10.1. The van der Waals surface area contributed by atoms with Gasteiger partial charge >= 0.3 is 5.69 Å². The van der Waals surface area contributed by atoms with Crippen molar-refractivity contribution in [1.29, 1.82) is 0 Å². The number of carbonyl (C=O) groups is 1. The number of non-ortho nitro benzene ring substituents is 1. The first-order chi connectivity index (χ1) is 12.7. The molecular weight excluding hydrogens is 356 g/mol. The van der Waals surface area contributed by atoms with Crippen molar-refractivity contribution < 1.29 is 19.7 Å². The fourth-order valence-electron chi connectivity index (χ4n) is 2.26. The summed E-state index contributed by atoms with van der Waals surface area (Å²) in [5, 5.41) is 35.6. The number of nitro benzene ring substituents is 2. The van der Waals surface area contributed by atoms with E-state index in [2.05, 4.69) is 10.5 Å². The number of nitro groups is 2. The average Bonchev–Trinajstić information content (AvgIpc) is 2.65. The van der Waals surface area contributed by atoms with E-state index in [0.29, 0.717) is 11.8 Å². The number of hydrogen-bond acceptors (Lipinski definition) is 7. The summed E-state index contributed by atoms with van der Waals surface area (Å²) < 4.78 is 0. The Bertz CT molecular complexity index is 937. The third-order valence-electron chi connectivity index (χ3n) is 3.83. The highest BCUT2D eigenvalue weighted by atomic mass is 16.6. The van der Waals surface area contributed by atoms with E-state index in [4.69, 9.17) is 0 Å². The zero-order valence-corrected chi connectivity index (χ0v) is 14.5. The summed E-state index contributed by atoms with van der Waals surface area (Å²) in [5.74, 6) is -1.98. The number of hydrogen-bond donors (Lipinski definition) is 2. The van der Waals surface area contributed by atoms with Crippen LogP contribution in [0.2, 0.25) is 0 Å². The fourth-order valence-corrected chi connectivity index (χ4v) is 2.26. The minimum absolute atomic E-state index is 0.449. The Hall–Kier alpha value is -3.82. The van der Waals surface area contributed by atoms with Gasteiger partial charge in [0.25, 0.3) is 11.6 Å². The van der Waals surface area contributed by atoms with Crippen LogP contribution in [0.25, 0.3) is 0 Å². The van der Waals surface area contributed by atoms with Gasteiger partial charge in [-0.25, -0.2) is 5.43 Å². The first-order valence-electron chi connectivity index (χ1n) is 7.84. The second-order valence-electron chi connectivity index (χ2n) is 5.56. The third-order valence-corrected chi connectivity index (χ3v) is 3.83. The predicted molar refractivity (Wildman–Crippen MR) is 96.9 cm³/mol. The number of hydrazone groups is 1. The molecule has 2 rings (SSSR count). The van der Waals surface area contributed by atoms with E-state index in [1.165, 1.54) is 0 Å². The molecule has 0 unspecified atom stereocenters. The van der Waals surface area contributed by atoms with E-state index >= 15 is 0 Å². The van der Waals surface area contributed by atoms with Gasteiger partial charge in [0.05, 0.1) is 27.2 Å². The van der Waals surface area contributed by atoms with E-state index in [9.17, 15) is 30.1 Å². The third kappa shape index (κ3) is 4.42. The Labute approximate surface area is 153 Å². The Balaban J connectivity index is 2.31. The van der Waals surface area contributed by atoms with Crippen LogP contribution in [0.3, 0.4) is 0 Å². The summed E-state index contributed by atoms with van der Waals surface area (Å²) in [7, 11) is 0. The van der Waals surface area contributed by atoms with Gasteiger partial charge in [0.15, 0.2) is 0 Å². The molecule has 2 aromatic carbocycles. The van der Waals surface area contributed by atoms with Gasteiger partial charge in [-0.2, -0.15) is 5.10 Å². The number of amides is 1. The number of nitrogens with zero attached hydrogens (tertiary/aromatic N) is 3. The number of phenolic OH excluding ortho intramolecular Hbond substituents is 1. The van der Waals surface area contributed by atoms with Crippen molar-refractivity contribution >= 4 is 23.0 Å². The molecule has 0 heterocycles. The Kier molecular flexibility index (Phi) is 5.81. The molecule has 0 atom stereocenters. The molecular formula is C17H16N4O6. The smallest absolute Gasteiger partial charge is 0.318 e. The normalized spacial score (nSPS) is 11.1. The van der Waals surface area contributed by atoms with Crippen LogP contribution in [0.1, 0.15) is 35.3 Å². The van der Waals surface area contributed by atoms with E-state index < -0.39 is 38.4 Å². The SMILES string of the molecule is CCc1ccc(C(C)=NNC(=O)c2cc([N+](=O)[O-])cc([N+](=O)[O-])c2O)cc1. The van der Waals surface area contributed by atoms with Gasteiger partial charge < -0.3 is 5.11 Å². The minimum Gasteiger partial charge on any atom is -0.502 e.